The fourth-order valence-electron chi connectivity index (χ4n) is 2.40. The number of aryl methyl sites for hydroxylation is 1. The van der Waals surface area contributed by atoms with Crippen LogP contribution in [0.5, 0.6) is 0 Å². The lowest BCUT2D eigenvalue weighted by molar-refractivity contribution is 0.484. The summed E-state index contributed by atoms with van der Waals surface area (Å²) in [6, 6.07) is 2.56. The molecule has 0 radical (unpaired) electrons. The number of piperidine rings is 1. The third kappa shape index (κ3) is 3.09. The van der Waals surface area contributed by atoms with Crippen LogP contribution in [-0.4, -0.2) is 28.4 Å². The van der Waals surface area contributed by atoms with Crippen molar-refractivity contribution < 1.29 is 0 Å². The lowest BCUT2D eigenvalue weighted by Gasteiger charge is -2.35. The van der Waals surface area contributed by atoms with E-state index in [-0.39, 0.29) is 0 Å². The summed E-state index contributed by atoms with van der Waals surface area (Å²) in [6.45, 7) is 3.24. The van der Waals surface area contributed by atoms with Gasteiger partial charge < -0.3 is 4.90 Å². The number of aromatic nitrogens is 2. The van der Waals surface area contributed by atoms with Crippen LogP contribution in [0.4, 0.5) is 5.82 Å². The van der Waals surface area contributed by atoms with Crippen LogP contribution in [0, 0.1) is 0 Å². The predicted octanol–water partition coefficient (Wildman–Crippen LogP) is 3.03. The molecule has 0 aliphatic carbocycles. The molecule has 4 heteroatoms. The van der Waals surface area contributed by atoms with Crippen molar-refractivity contribution in [3.8, 4) is 0 Å². The molecule has 1 atom stereocenters. The van der Waals surface area contributed by atoms with Crippen LogP contribution in [0.25, 0.3) is 0 Å². The zero-order chi connectivity index (χ0) is 12.1. The number of nitrogens with zero attached hydrogens (tertiary/aromatic N) is 3. The second-order valence-electron chi connectivity index (χ2n) is 4.61. The zero-order valence-electron chi connectivity index (χ0n) is 10.4. The Kier molecular flexibility index (Phi) is 4.60. The van der Waals surface area contributed by atoms with Gasteiger partial charge in [-0.15, -0.1) is 11.6 Å². The fraction of sp³-hybridized carbons (Fsp3) is 0.692. The Hall–Kier alpha value is -0.830. The van der Waals surface area contributed by atoms with E-state index in [2.05, 4.69) is 27.9 Å². The van der Waals surface area contributed by atoms with Crippen molar-refractivity contribution in [1.29, 1.82) is 0 Å². The van der Waals surface area contributed by atoms with Gasteiger partial charge in [0, 0.05) is 30.2 Å². The molecule has 3 nitrogen and oxygen atoms in total. The van der Waals surface area contributed by atoms with E-state index < -0.39 is 0 Å². The minimum Gasteiger partial charge on any atom is -0.352 e. The molecule has 2 rings (SSSR count). The Balaban J connectivity index is 2.16. The molecule has 0 bridgehead atoms. The lowest BCUT2D eigenvalue weighted by Crippen LogP contribution is -2.41. The van der Waals surface area contributed by atoms with Gasteiger partial charge in [-0.05, 0) is 25.7 Å². The number of halogens is 1. The minimum atomic E-state index is 0.440. The highest BCUT2D eigenvalue weighted by Gasteiger charge is 2.22. The molecule has 94 valence electrons. The molecule has 0 N–H and O–H groups in total. The molecule has 0 aromatic carbocycles. The van der Waals surface area contributed by atoms with Crippen molar-refractivity contribution in [3.05, 3.63) is 18.1 Å². The number of hydrogen-bond donors (Lipinski definition) is 0. The summed E-state index contributed by atoms with van der Waals surface area (Å²) < 4.78 is 0. The monoisotopic (exact) mass is 253 g/mol. The SMILES string of the molecule is CCCc1cc(N2CCCCC2CCl)ncn1. The van der Waals surface area contributed by atoms with E-state index in [0.717, 1.165) is 30.9 Å². The van der Waals surface area contributed by atoms with Gasteiger partial charge in [-0.1, -0.05) is 13.3 Å². The highest BCUT2D eigenvalue weighted by Crippen LogP contribution is 2.24. The van der Waals surface area contributed by atoms with Gasteiger partial charge in [0.1, 0.15) is 12.1 Å². The van der Waals surface area contributed by atoms with E-state index in [0.29, 0.717) is 11.9 Å². The van der Waals surface area contributed by atoms with E-state index in [1.165, 1.54) is 19.3 Å². The first kappa shape index (κ1) is 12.6. The molecular formula is C13H20ClN3. The summed E-state index contributed by atoms with van der Waals surface area (Å²) in [7, 11) is 0. The lowest BCUT2D eigenvalue weighted by atomic mass is 10.0. The predicted molar refractivity (Wildman–Crippen MR) is 71.7 cm³/mol. The maximum absolute atomic E-state index is 6.04. The second kappa shape index (κ2) is 6.20. The Morgan fingerprint density at radius 3 is 3.06 bits per heavy atom. The van der Waals surface area contributed by atoms with Crippen LogP contribution in [0.1, 0.15) is 38.3 Å². The molecule has 1 saturated heterocycles. The first-order chi connectivity index (χ1) is 8.35. The van der Waals surface area contributed by atoms with Crippen LogP contribution in [-0.2, 0) is 6.42 Å². The van der Waals surface area contributed by atoms with Crippen LogP contribution >= 0.6 is 11.6 Å². The second-order valence-corrected chi connectivity index (χ2v) is 4.92. The molecule has 1 unspecified atom stereocenters. The largest absolute Gasteiger partial charge is 0.352 e. The molecule has 0 saturated carbocycles. The maximum Gasteiger partial charge on any atom is 0.132 e. The summed E-state index contributed by atoms with van der Waals surface area (Å²) in [6.07, 6.45) is 7.52. The van der Waals surface area contributed by atoms with Crippen molar-refractivity contribution in [2.45, 2.75) is 45.1 Å². The highest BCUT2D eigenvalue weighted by molar-refractivity contribution is 6.18. The molecule has 0 amide bonds. The Morgan fingerprint density at radius 2 is 2.29 bits per heavy atom. The van der Waals surface area contributed by atoms with Gasteiger partial charge in [0.05, 0.1) is 0 Å². The third-order valence-electron chi connectivity index (χ3n) is 3.31. The van der Waals surface area contributed by atoms with Crippen molar-refractivity contribution >= 4 is 17.4 Å². The minimum absolute atomic E-state index is 0.440. The van der Waals surface area contributed by atoms with E-state index in [1.54, 1.807) is 6.33 Å². The third-order valence-corrected chi connectivity index (χ3v) is 3.67. The molecule has 17 heavy (non-hydrogen) atoms. The quantitative estimate of drug-likeness (QED) is 0.773. The van der Waals surface area contributed by atoms with Crippen LogP contribution in [0.2, 0.25) is 0 Å². The van der Waals surface area contributed by atoms with Crippen molar-refractivity contribution in [3.63, 3.8) is 0 Å². The number of alkyl halides is 1. The van der Waals surface area contributed by atoms with Crippen molar-refractivity contribution in [2.75, 3.05) is 17.3 Å². The normalized spacial score (nSPS) is 20.6. The Bertz CT molecular complexity index is 356. The van der Waals surface area contributed by atoms with Crippen molar-refractivity contribution in [2.24, 2.45) is 0 Å². The first-order valence-corrected chi connectivity index (χ1v) is 7.02. The maximum atomic E-state index is 6.04. The van der Waals surface area contributed by atoms with Crippen LogP contribution in [0.3, 0.4) is 0 Å². The summed E-state index contributed by atoms with van der Waals surface area (Å²) in [5.41, 5.74) is 1.14. The molecule has 1 aliphatic rings. The summed E-state index contributed by atoms with van der Waals surface area (Å²) in [4.78, 5) is 11.0. The van der Waals surface area contributed by atoms with E-state index in [9.17, 15) is 0 Å². The first-order valence-electron chi connectivity index (χ1n) is 6.48. The summed E-state index contributed by atoms with van der Waals surface area (Å²) >= 11 is 6.04. The Morgan fingerprint density at radius 1 is 1.41 bits per heavy atom. The fourth-order valence-corrected chi connectivity index (χ4v) is 2.72. The zero-order valence-corrected chi connectivity index (χ0v) is 11.2. The highest BCUT2D eigenvalue weighted by atomic mass is 35.5. The standard InChI is InChI=1S/C13H20ClN3/c1-2-5-11-8-13(16-10-15-11)17-7-4-3-6-12(17)9-14/h8,10,12H,2-7,9H2,1H3. The van der Waals surface area contributed by atoms with Gasteiger partial charge in [-0.2, -0.15) is 0 Å². The van der Waals surface area contributed by atoms with Gasteiger partial charge in [0.15, 0.2) is 0 Å². The average molecular weight is 254 g/mol. The molecule has 1 fully saturated rings. The summed E-state index contributed by atoms with van der Waals surface area (Å²) in [5, 5.41) is 0. The molecule has 1 aromatic heterocycles. The van der Waals surface area contributed by atoms with Gasteiger partial charge in [0.25, 0.3) is 0 Å². The van der Waals surface area contributed by atoms with E-state index in [4.69, 9.17) is 11.6 Å². The van der Waals surface area contributed by atoms with Crippen LogP contribution < -0.4 is 4.90 Å². The van der Waals surface area contributed by atoms with Crippen LogP contribution in [0.15, 0.2) is 12.4 Å². The van der Waals surface area contributed by atoms with Gasteiger partial charge in [-0.3, -0.25) is 0 Å². The van der Waals surface area contributed by atoms with E-state index >= 15 is 0 Å². The van der Waals surface area contributed by atoms with Gasteiger partial charge in [0.2, 0.25) is 0 Å². The molecule has 2 heterocycles. The molecular weight excluding hydrogens is 234 g/mol. The molecule has 0 spiro atoms. The smallest absolute Gasteiger partial charge is 0.132 e. The van der Waals surface area contributed by atoms with Gasteiger partial charge >= 0.3 is 0 Å². The Labute approximate surface area is 108 Å². The average Bonchev–Trinajstić information content (AvgIpc) is 2.39. The van der Waals surface area contributed by atoms with Gasteiger partial charge in [-0.25, -0.2) is 9.97 Å². The number of rotatable bonds is 4. The van der Waals surface area contributed by atoms with Crippen molar-refractivity contribution in [1.82, 2.24) is 9.97 Å². The molecule has 1 aromatic rings. The van der Waals surface area contributed by atoms with E-state index in [1.807, 2.05) is 0 Å². The number of hydrogen-bond acceptors (Lipinski definition) is 3. The molecule has 1 aliphatic heterocycles. The topological polar surface area (TPSA) is 29.0 Å². The number of anilines is 1. The summed E-state index contributed by atoms with van der Waals surface area (Å²) in [5.74, 6) is 1.74.